The highest BCUT2D eigenvalue weighted by Crippen LogP contribution is 2.26. The standard InChI is InChI=1S/C27H29N3O7/c1-4-36-27(35)37-20-8-5-17(6-9-20)23(31)28-19-11-13-29(14-12-19)24(32)18-7-10-21-22(15-18)26(34)30(16(2)3)25(21)33/h5-10,15-16,19H,4,11-14H2,1-3H3,(H,28,31). The quantitative estimate of drug-likeness (QED) is 0.362. The van der Waals surface area contributed by atoms with Gasteiger partial charge < -0.3 is 19.7 Å². The van der Waals surface area contributed by atoms with Crippen LogP contribution in [0.15, 0.2) is 42.5 Å². The van der Waals surface area contributed by atoms with Crippen LogP contribution in [0.3, 0.4) is 0 Å². The first kappa shape index (κ1) is 25.9. The molecule has 0 aromatic heterocycles. The Labute approximate surface area is 214 Å². The number of carbonyl (C=O) groups is 5. The fourth-order valence-corrected chi connectivity index (χ4v) is 4.46. The van der Waals surface area contributed by atoms with Gasteiger partial charge in [-0.15, -0.1) is 0 Å². The summed E-state index contributed by atoms with van der Waals surface area (Å²) in [5.41, 5.74) is 1.35. The van der Waals surface area contributed by atoms with Crippen molar-refractivity contribution in [1.82, 2.24) is 15.1 Å². The number of benzene rings is 2. The topological polar surface area (TPSA) is 122 Å². The van der Waals surface area contributed by atoms with E-state index in [1.165, 1.54) is 23.1 Å². The van der Waals surface area contributed by atoms with E-state index in [-0.39, 0.29) is 53.6 Å². The molecule has 2 aromatic rings. The van der Waals surface area contributed by atoms with Gasteiger partial charge in [0.25, 0.3) is 23.6 Å². The molecule has 10 heteroatoms. The van der Waals surface area contributed by atoms with E-state index in [2.05, 4.69) is 5.32 Å². The number of ether oxygens (including phenoxy) is 2. The Morgan fingerprint density at radius 3 is 2.19 bits per heavy atom. The van der Waals surface area contributed by atoms with E-state index in [1.54, 1.807) is 49.9 Å². The molecule has 0 aliphatic carbocycles. The van der Waals surface area contributed by atoms with Crippen LogP contribution >= 0.6 is 0 Å². The molecule has 0 unspecified atom stereocenters. The maximum Gasteiger partial charge on any atom is 0.513 e. The van der Waals surface area contributed by atoms with Gasteiger partial charge in [-0.25, -0.2) is 4.79 Å². The van der Waals surface area contributed by atoms with Crippen molar-refractivity contribution in [1.29, 1.82) is 0 Å². The van der Waals surface area contributed by atoms with Gasteiger partial charge in [-0.3, -0.25) is 24.1 Å². The molecule has 2 heterocycles. The average Bonchev–Trinajstić information content (AvgIpc) is 3.13. The van der Waals surface area contributed by atoms with E-state index in [0.717, 1.165) is 0 Å². The maximum atomic E-state index is 13.1. The van der Waals surface area contributed by atoms with Crippen molar-refractivity contribution in [2.75, 3.05) is 19.7 Å². The summed E-state index contributed by atoms with van der Waals surface area (Å²) in [4.78, 5) is 65.2. The van der Waals surface area contributed by atoms with Crippen molar-refractivity contribution in [3.05, 3.63) is 64.7 Å². The number of hydrogen-bond donors (Lipinski definition) is 1. The third-order valence-corrected chi connectivity index (χ3v) is 6.38. The number of rotatable bonds is 6. The summed E-state index contributed by atoms with van der Waals surface area (Å²) >= 11 is 0. The zero-order valence-electron chi connectivity index (χ0n) is 21.0. The Hall–Kier alpha value is -4.21. The lowest BCUT2D eigenvalue weighted by atomic mass is 10.0. The van der Waals surface area contributed by atoms with E-state index in [0.29, 0.717) is 42.6 Å². The number of imide groups is 1. The highest BCUT2D eigenvalue weighted by molar-refractivity contribution is 6.22. The highest BCUT2D eigenvalue weighted by atomic mass is 16.7. The number of carbonyl (C=O) groups excluding carboxylic acids is 5. The molecule has 2 aliphatic heterocycles. The Bertz CT molecular complexity index is 1230. The van der Waals surface area contributed by atoms with Crippen LogP contribution in [-0.2, 0) is 4.74 Å². The van der Waals surface area contributed by atoms with Gasteiger partial charge in [-0.05, 0) is 76.1 Å². The van der Waals surface area contributed by atoms with E-state index in [9.17, 15) is 24.0 Å². The largest absolute Gasteiger partial charge is 0.513 e. The Morgan fingerprint density at radius 1 is 0.946 bits per heavy atom. The second-order valence-electron chi connectivity index (χ2n) is 9.18. The van der Waals surface area contributed by atoms with E-state index < -0.39 is 6.16 Å². The van der Waals surface area contributed by atoms with Crippen molar-refractivity contribution in [3.63, 3.8) is 0 Å². The minimum absolute atomic E-state index is 0.106. The van der Waals surface area contributed by atoms with E-state index >= 15 is 0 Å². The van der Waals surface area contributed by atoms with E-state index in [4.69, 9.17) is 9.47 Å². The first-order chi connectivity index (χ1) is 17.7. The third-order valence-electron chi connectivity index (χ3n) is 6.38. The fraction of sp³-hybridized carbons (Fsp3) is 0.370. The SMILES string of the molecule is CCOC(=O)Oc1ccc(C(=O)NC2CCN(C(=O)c3ccc4c(c3)C(=O)N(C(C)C)C4=O)CC2)cc1. The second kappa shape index (κ2) is 10.8. The zero-order chi connectivity index (χ0) is 26.7. The van der Waals surface area contributed by atoms with Gasteiger partial charge in [0.05, 0.1) is 17.7 Å². The summed E-state index contributed by atoms with van der Waals surface area (Å²) < 4.78 is 9.71. The molecular weight excluding hydrogens is 478 g/mol. The molecule has 0 spiro atoms. The van der Waals surface area contributed by atoms with Crippen LogP contribution in [0, 0.1) is 0 Å². The van der Waals surface area contributed by atoms with Gasteiger partial charge in [0.15, 0.2) is 0 Å². The van der Waals surface area contributed by atoms with Gasteiger partial charge in [0.2, 0.25) is 0 Å². The Morgan fingerprint density at radius 2 is 1.57 bits per heavy atom. The van der Waals surface area contributed by atoms with Crippen molar-refractivity contribution in [2.45, 2.75) is 45.7 Å². The molecule has 194 valence electrons. The lowest BCUT2D eigenvalue weighted by Crippen LogP contribution is -2.46. The molecule has 2 aromatic carbocycles. The first-order valence-corrected chi connectivity index (χ1v) is 12.3. The molecule has 0 saturated carbocycles. The number of hydrogen-bond acceptors (Lipinski definition) is 7. The third kappa shape index (κ3) is 5.47. The zero-order valence-corrected chi connectivity index (χ0v) is 21.0. The van der Waals surface area contributed by atoms with Gasteiger partial charge >= 0.3 is 6.16 Å². The lowest BCUT2D eigenvalue weighted by molar-refractivity contribution is 0.0607. The summed E-state index contributed by atoms with van der Waals surface area (Å²) in [6, 6.07) is 10.4. The van der Waals surface area contributed by atoms with Crippen molar-refractivity contribution in [3.8, 4) is 5.75 Å². The van der Waals surface area contributed by atoms with Crippen molar-refractivity contribution >= 4 is 29.8 Å². The molecule has 1 saturated heterocycles. The molecule has 1 fully saturated rings. The fourth-order valence-electron chi connectivity index (χ4n) is 4.46. The number of nitrogens with one attached hydrogen (secondary N) is 1. The van der Waals surface area contributed by atoms with Crippen LogP contribution in [-0.4, -0.2) is 71.4 Å². The average molecular weight is 508 g/mol. The van der Waals surface area contributed by atoms with Crippen LogP contribution in [0.1, 0.15) is 75.0 Å². The van der Waals surface area contributed by atoms with Crippen LogP contribution in [0.2, 0.25) is 0 Å². The van der Waals surface area contributed by atoms with Gasteiger partial charge in [0.1, 0.15) is 5.75 Å². The Kier molecular flexibility index (Phi) is 7.56. The van der Waals surface area contributed by atoms with Crippen LogP contribution < -0.4 is 10.1 Å². The number of fused-ring (bicyclic) bond motifs is 1. The van der Waals surface area contributed by atoms with Gasteiger partial charge in [-0.1, -0.05) is 0 Å². The van der Waals surface area contributed by atoms with E-state index in [1.807, 2.05) is 0 Å². The molecule has 4 rings (SSSR count). The summed E-state index contributed by atoms with van der Waals surface area (Å²) in [5.74, 6) is -0.924. The van der Waals surface area contributed by atoms with Crippen molar-refractivity contribution in [2.24, 2.45) is 0 Å². The minimum Gasteiger partial charge on any atom is -0.434 e. The van der Waals surface area contributed by atoms with Gasteiger partial charge in [-0.2, -0.15) is 0 Å². The number of likely N-dealkylation sites (tertiary alicyclic amines) is 1. The summed E-state index contributed by atoms with van der Waals surface area (Å²) in [5, 5.41) is 2.98. The molecule has 10 nitrogen and oxygen atoms in total. The van der Waals surface area contributed by atoms with Crippen LogP contribution in [0.25, 0.3) is 0 Å². The normalized spacial score (nSPS) is 15.6. The maximum absolute atomic E-state index is 13.1. The summed E-state index contributed by atoms with van der Waals surface area (Å²) in [6.45, 7) is 6.30. The molecule has 2 aliphatic rings. The predicted octanol–water partition coefficient (Wildman–Crippen LogP) is 3.26. The highest BCUT2D eigenvalue weighted by Gasteiger charge is 2.38. The Balaban J connectivity index is 1.31. The molecule has 37 heavy (non-hydrogen) atoms. The molecule has 4 amide bonds. The number of piperidine rings is 1. The number of nitrogens with zero attached hydrogens (tertiary/aromatic N) is 2. The smallest absolute Gasteiger partial charge is 0.434 e. The first-order valence-electron chi connectivity index (χ1n) is 12.3. The molecule has 0 radical (unpaired) electrons. The van der Waals surface area contributed by atoms with Gasteiger partial charge in [0, 0.05) is 36.3 Å². The summed E-state index contributed by atoms with van der Waals surface area (Å²) in [6.07, 6.45) is 0.342. The predicted molar refractivity (Wildman–Crippen MR) is 133 cm³/mol. The lowest BCUT2D eigenvalue weighted by Gasteiger charge is -2.32. The number of amides is 4. The van der Waals surface area contributed by atoms with Crippen molar-refractivity contribution < 1.29 is 33.4 Å². The van der Waals surface area contributed by atoms with Crippen LogP contribution in [0.5, 0.6) is 5.75 Å². The molecule has 0 atom stereocenters. The monoisotopic (exact) mass is 507 g/mol. The molecule has 1 N–H and O–H groups in total. The molecular formula is C27H29N3O7. The van der Waals surface area contributed by atoms with Crippen LogP contribution in [0.4, 0.5) is 4.79 Å². The summed E-state index contributed by atoms with van der Waals surface area (Å²) in [7, 11) is 0. The molecule has 0 bridgehead atoms. The second-order valence-corrected chi connectivity index (χ2v) is 9.18. The minimum atomic E-state index is -0.807.